The molecule has 0 aliphatic carbocycles. The van der Waals surface area contributed by atoms with Gasteiger partial charge in [-0.25, -0.2) is 18.4 Å². The molecule has 106 valence electrons. The van der Waals surface area contributed by atoms with E-state index >= 15 is 0 Å². The van der Waals surface area contributed by atoms with Gasteiger partial charge in [-0.3, -0.25) is 0 Å². The summed E-state index contributed by atoms with van der Waals surface area (Å²) in [6.07, 6.45) is 4.73. The minimum Gasteiger partial charge on any atom is -0.370 e. The monoisotopic (exact) mass is 284 g/mol. The van der Waals surface area contributed by atoms with Crippen LogP contribution in [0.1, 0.15) is 26.2 Å². The van der Waals surface area contributed by atoms with E-state index in [1.807, 2.05) is 6.92 Å². The van der Waals surface area contributed by atoms with E-state index in [4.69, 9.17) is 0 Å². The van der Waals surface area contributed by atoms with Gasteiger partial charge in [-0.1, -0.05) is 6.42 Å². The number of anilines is 1. The van der Waals surface area contributed by atoms with Crippen LogP contribution in [0.25, 0.3) is 0 Å². The zero-order chi connectivity index (χ0) is 13.7. The maximum atomic E-state index is 12.2. The summed E-state index contributed by atoms with van der Waals surface area (Å²) in [5, 5.41) is 4.78. The molecule has 19 heavy (non-hydrogen) atoms. The predicted molar refractivity (Wildman–Crippen MR) is 74.1 cm³/mol. The second kappa shape index (κ2) is 6.31. The van der Waals surface area contributed by atoms with Gasteiger partial charge >= 0.3 is 0 Å². The van der Waals surface area contributed by atoms with E-state index in [0.29, 0.717) is 12.4 Å². The lowest BCUT2D eigenvalue weighted by molar-refractivity contribution is 0.200. The summed E-state index contributed by atoms with van der Waals surface area (Å²) in [6, 6.07) is 3.06. The van der Waals surface area contributed by atoms with Gasteiger partial charge in [-0.05, 0) is 25.8 Å². The van der Waals surface area contributed by atoms with Gasteiger partial charge in [0.1, 0.15) is 5.82 Å². The molecule has 0 spiro atoms. The average molecular weight is 284 g/mol. The number of sulfonamides is 1. The smallest absolute Gasteiger partial charge is 0.253 e. The van der Waals surface area contributed by atoms with Gasteiger partial charge in [0.25, 0.3) is 10.0 Å². The minimum absolute atomic E-state index is 0.240. The van der Waals surface area contributed by atoms with E-state index in [9.17, 15) is 8.42 Å². The van der Waals surface area contributed by atoms with Gasteiger partial charge in [-0.2, -0.15) is 0 Å². The first kappa shape index (κ1) is 14.2. The van der Waals surface area contributed by atoms with Crippen molar-refractivity contribution in [3.05, 3.63) is 18.3 Å². The number of nitrogens with one attached hydrogen (secondary N) is 2. The molecule has 1 aromatic rings. The number of piperidine rings is 1. The second-order valence-electron chi connectivity index (χ2n) is 4.55. The topological polar surface area (TPSA) is 74.3 Å². The van der Waals surface area contributed by atoms with E-state index in [1.54, 1.807) is 11.1 Å². The summed E-state index contributed by atoms with van der Waals surface area (Å²) in [5.74, 6) is 0.573. The average Bonchev–Trinajstić information content (AvgIpc) is 2.40. The van der Waals surface area contributed by atoms with E-state index in [-0.39, 0.29) is 4.90 Å². The van der Waals surface area contributed by atoms with Gasteiger partial charge in [-0.15, -0.1) is 4.83 Å². The van der Waals surface area contributed by atoms with Crippen LogP contribution in [0.2, 0.25) is 0 Å². The number of hydrogen-bond acceptors (Lipinski definition) is 5. The highest BCUT2D eigenvalue weighted by atomic mass is 32.2. The van der Waals surface area contributed by atoms with Gasteiger partial charge in [0.05, 0.1) is 4.90 Å². The molecular formula is C12H20N4O2S. The molecule has 1 aromatic heterocycles. The van der Waals surface area contributed by atoms with Crippen LogP contribution in [-0.4, -0.2) is 38.0 Å². The van der Waals surface area contributed by atoms with Gasteiger partial charge in [0.15, 0.2) is 0 Å². The maximum Gasteiger partial charge on any atom is 0.253 e. The molecule has 2 N–H and O–H groups in total. The van der Waals surface area contributed by atoms with Crippen LogP contribution in [0.5, 0.6) is 0 Å². The normalized spacial score (nSPS) is 17.3. The van der Waals surface area contributed by atoms with Crippen molar-refractivity contribution in [1.82, 2.24) is 14.8 Å². The maximum absolute atomic E-state index is 12.2. The molecule has 0 aromatic carbocycles. The summed E-state index contributed by atoms with van der Waals surface area (Å²) in [7, 11) is -3.50. The molecule has 6 nitrogen and oxygen atoms in total. The lowest BCUT2D eigenvalue weighted by atomic mass is 10.2. The summed E-state index contributed by atoms with van der Waals surface area (Å²) in [5.41, 5.74) is 0. The molecule has 0 unspecified atom stereocenters. The molecule has 0 radical (unpaired) electrons. The first-order chi connectivity index (χ1) is 9.12. The van der Waals surface area contributed by atoms with Crippen LogP contribution in [-0.2, 0) is 10.0 Å². The molecule has 1 saturated heterocycles. The van der Waals surface area contributed by atoms with E-state index in [1.165, 1.54) is 12.3 Å². The lowest BCUT2D eigenvalue weighted by Gasteiger charge is -2.26. The third kappa shape index (κ3) is 3.89. The van der Waals surface area contributed by atoms with Crippen molar-refractivity contribution in [2.45, 2.75) is 31.1 Å². The molecule has 7 heteroatoms. The van der Waals surface area contributed by atoms with Crippen LogP contribution >= 0.6 is 0 Å². The van der Waals surface area contributed by atoms with Crippen molar-refractivity contribution in [2.75, 3.05) is 25.0 Å². The third-order valence-electron chi connectivity index (χ3n) is 3.00. The Balaban J connectivity index is 2.11. The van der Waals surface area contributed by atoms with Crippen LogP contribution in [0.4, 0.5) is 5.82 Å². The van der Waals surface area contributed by atoms with Crippen LogP contribution in [0, 0.1) is 0 Å². The molecule has 0 atom stereocenters. The Kier molecular flexibility index (Phi) is 4.73. The number of aromatic nitrogens is 1. The zero-order valence-corrected chi connectivity index (χ0v) is 11.9. The quantitative estimate of drug-likeness (QED) is 0.849. The van der Waals surface area contributed by atoms with E-state index < -0.39 is 10.0 Å². The van der Waals surface area contributed by atoms with Crippen molar-refractivity contribution < 1.29 is 8.42 Å². The SMILES string of the molecule is CCNc1cc(S(=O)(=O)NN2CCCCC2)ccn1. The molecule has 2 heterocycles. The van der Waals surface area contributed by atoms with Gasteiger partial charge < -0.3 is 5.32 Å². The van der Waals surface area contributed by atoms with Crippen LogP contribution < -0.4 is 10.1 Å². The fourth-order valence-corrected chi connectivity index (χ4v) is 3.20. The van der Waals surface area contributed by atoms with Crippen LogP contribution in [0.15, 0.2) is 23.2 Å². The number of hydrazine groups is 1. The minimum atomic E-state index is -3.50. The summed E-state index contributed by atoms with van der Waals surface area (Å²) < 4.78 is 24.5. The molecule has 1 aliphatic rings. The second-order valence-corrected chi connectivity index (χ2v) is 6.21. The highest BCUT2D eigenvalue weighted by molar-refractivity contribution is 7.89. The summed E-state index contributed by atoms with van der Waals surface area (Å²) in [6.45, 7) is 4.18. The number of hydrogen-bond donors (Lipinski definition) is 2. The summed E-state index contributed by atoms with van der Waals surface area (Å²) >= 11 is 0. The molecule has 0 saturated carbocycles. The van der Waals surface area contributed by atoms with Crippen molar-refractivity contribution in [3.8, 4) is 0 Å². The van der Waals surface area contributed by atoms with Crippen molar-refractivity contribution >= 4 is 15.8 Å². The Morgan fingerprint density at radius 1 is 1.32 bits per heavy atom. The highest BCUT2D eigenvalue weighted by Gasteiger charge is 2.20. The first-order valence-corrected chi connectivity index (χ1v) is 8.07. The van der Waals surface area contributed by atoms with Crippen LogP contribution in [0.3, 0.4) is 0 Å². The third-order valence-corrected chi connectivity index (χ3v) is 4.38. The van der Waals surface area contributed by atoms with Crippen molar-refractivity contribution in [3.63, 3.8) is 0 Å². The van der Waals surface area contributed by atoms with Crippen molar-refractivity contribution in [2.24, 2.45) is 0 Å². The first-order valence-electron chi connectivity index (χ1n) is 6.59. The van der Waals surface area contributed by atoms with Crippen molar-refractivity contribution in [1.29, 1.82) is 0 Å². The largest absolute Gasteiger partial charge is 0.370 e. The number of pyridine rings is 1. The Labute approximate surface area is 114 Å². The highest BCUT2D eigenvalue weighted by Crippen LogP contribution is 2.14. The Hall–Kier alpha value is -1.18. The zero-order valence-electron chi connectivity index (χ0n) is 11.1. The molecule has 1 aliphatic heterocycles. The Morgan fingerprint density at radius 3 is 2.74 bits per heavy atom. The lowest BCUT2D eigenvalue weighted by Crippen LogP contribution is -2.44. The van der Waals surface area contributed by atoms with E-state index in [0.717, 1.165) is 32.4 Å². The number of nitrogens with zero attached hydrogens (tertiary/aromatic N) is 2. The molecule has 1 fully saturated rings. The van der Waals surface area contributed by atoms with Gasteiger partial charge in [0.2, 0.25) is 0 Å². The summed E-state index contributed by atoms with van der Waals surface area (Å²) in [4.78, 5) is 6.94. The standard InChI is InChI=1S/C12H20N4O2S/c1-2-13-12-10-11(6-7-14-12)19(17,18)15-16-8-4-3-5-9-16/h6-7,10,15H,2-5,8-9H2,1H3,(H,13,14). The van der Waals surface area contributed by atoms with Gasteiger partial charge in [0, 0.05) is 31.9 Å². The molecular weight excluding hydrogens is 264 g/mol. The van der Waals surface area contributed by atoms with E-state index in [2.05, 4.69) is 15.1 Å². The Bertz CT molecular complexity index is 512. The molecule has 0 amide bonds. The fourth-order valence-electron chi connectivity index (χ4n) is 2.06. The molecule has 2 rings (SSSR count). The Morgan fingerprint density at radius 2 is 2.05 bits per heavy atom. The molecule has 0 bridgehead atoms. The fraction of sp³-hybridized carbons (Fsp3) is 0.583. The number of rotatable bonds is 5. The predicted octanol–water partition coefficient (Wildman–Crippen LogP) is 1.19.